The van der Waals surface area contributed by atoms with Crippen LogP contribution in [-0.4, -0.2) is 55.8 Å². The molecule has 0 radical (unpaired) electrons. The normalized spacial score (nSPS) is 16.5. The van der Waals surface area contributed by atoms with Crippen molar-refractivity contribution in [2.45, 2.75) is 38.3 Å². The Morgan fingerprint density at radius 3 is 2.48 bits per heavy atom. The van der Waals surface area contributed by atoms with Gasteiger partial charge in [0.25, 0.3) is 0 Å². The highest BCUT2D eigenvalue weighted by molar-refractivity contribution is 7.90. The van der Waals surface area contributed by atoms with E-state index in [-0.39, 0.29) is 6.04 Å². The topological polar surface area (TPSA) is 84.4 Å². The van der Waals surface area contributed by atoms with Gasteiger partial charge in [-0.3, -0.25) is 4.90 Å². The van der Waals surface area contributed by atoms with Crippen LogP contribution in [0, 0.1) is 13.8 Å². The molecule has 1 aromatic carbocycles. The van der Waals surface area contributed by atoms with Gasteiger partial charge in [-0.25, -0.2) is 18.4 Å². The van der Waals surface area contributed by atoms with Gasteiger partial charge in [0.15, 0.2) is 9.84 Å². The van der Waals surface area contributed by atoms with Crippen molar-refractivity contribution in [1.82, 2.24) is 14.9 Å². The number of ether oxygens (including phenoxy) is 1. The number of nitrogens with zero attached hydrogens (tertiary/aromatic N) is 3. The minimum atomic E-state index is -3.21. The zero-order chi connectivity index (χ0) is 22.2. The Hall–Kier alpha value is -2.07. The van der Waals surface area contributed by atoms with E-state index >= 15 is 0 Å². The number of thiophene rings is 1. The standard InChI is InChI=1S/C22H28N4O3S2/c1-14-16(3)30-22-20(14)21(24-19(25-22)13-26-9-11-29-12-10-26)23-15(2)17-5-7-18(8-6-17)31(4,27)28/h5-8,15H,9-13H2,1-4H3,(H,23,24,25). The largest absolute Gasteiger partial charge is 0.379 e. The lowest BCUT2D eigenvalue weighted by Crippen LogP contribution is -2.36. The van der Waals surface area contributed by atoms with Crippen LogP contribution >= 0.6 is 11.3 Å². The van der Waals surface area contributed by atoms with Crippen LogP contribution in [0.3, 0.4) is 0 Å². The van der Waals surface area contributed by atoms with Crippen molar-refractivity contribution >= 4 is 37.2 Å². The molecule has 4 rings (SSSR count). The van der Waals surface area contributed by atoms with Gasteiger partial charge < -0.3 is 10.1 Å². The van der Waals surface area contributed by atoms with Crippen LogP contribution in [0.1, 0.15) is 34.8 Å². The summed E-state index contributed by atoms with van der Waals surface area (Å²) in [5.74, 6) is 1.63. The summed E-state index contributed by atoms with van der Waals surface area (Å²) in [4.78, 5) is 14.6. The summed E-state index contributed by atoms with van der Waals surface area (Å²) in [6, 6.07) is 6.98. The Bertz CT molecular complexity index is 1180. The van der Waals surface area contributed by atoms with Gasteiger partial charge in [0, 0.05) is 30.3 Å². The molecule has 0 spiro atoms. The zero-order valence-corrected chi connectivity index (χ0v) is 19.9. The molecule has 1 N–H and O–H groups in total. The SMILES string of the molecule is Cc1sc2nc(CN3CCOCC3)nc(NC(C)c3ccc(S(C)(=O)=O)cc3)c2c1C. The summed E-state index contributed by atoms with van der Waals surface area (Å²) in [5, 5.41) is 4.62. The Labute approximate surface area is 187 Å². The lowest BCUT2D eigenvalue weighted by atomic mass is 10.1. The van der Waals surface area contributed by atoms with Gasteiger partial charge in [0.1, 0.15) is 16.5 Å². The van der Waals surface area contributed by atoms with Crippen molar-refractivity contribution in [2.24, 2.45) is 0 Å². The monoisotopic (exact) mass is 460 g/mol. The maximum atomic E-state index is 11.7. The second-order valence-electron chi connectivity index (χ2n) is 8.05. The molecule has 1 unspecified atom stereocenters. The van der Waals surface area contributed by atoms with Crippen LogP contribution in [0.15, 0.2) is 29.2 Å². The maximum Gasteiger partial charge on any atom is 0.175 e. The number of anilines is 1. The third-order valence-corrected chi connectivity index (χ3v) is 7.93. The fourth-order valence-corrected chi connectivity index (χ4v) is 5.40. The van der Waals surface area contributed by atoms with Crippen LogP contribution in [0.25, 0.3) is 10.2 Å². The smallest absolute Gasteiger partial charge is 0.175 e. The number of aromatic nitrogens is 2. The molecule has 31 heavy (non-hydrogen) atoms. The van der Waals surface area contributed by atoms with E-state index in [1.54, 1.807) is 23.5 Å². The molecule has 3 aromatic rings. The van der Waals surface area contributed by atoms with Gasteiger partial charge in [-0.15, -0.1) is 11.3 Å². The number of hydrogen-bond donors (Lipinski definition) is 1. The summed E-state index contributed by atoms with van der Waals surface area (Å²) >= 11 is 1.70. The second-order valence-corrected chi connectivity index (χ2v) is 11.3. The Morgan fingerprint density at radius 2 is 1.84 bits per heavy atom. The predicted molar refractivity (Wildman–Crippen MR) is 125 cm³/mol. The Kier molecular flexibility index (Phi) is 6.30. The summed E-state index contributed by atoms with van der Waals surface area (Å²) in [5.41, 5.74) is 2.19. The number of rotatable bonds is 6. The van der Waals surface area contributed by atoms with Crippen molar-refractivity contribution in [3.8, 4) is 0 Å². The number of sulfone groups is 1. The van der Waals surface area contributed by atoms with Crippen LogP contribution in [0.5, 0.6) is 0 Å². The molecule has 2 aromatic heterocycles. The first kappa shape index (κ1) is 22.1. The lowest BCUT2D eigenvalue weighted by molar-refractivity contribution is 0.0331. The quantitative estimate of drug-likeness (QED) is 0.600. The van der Waals surface area contributed by atoms with Crippen LogP contribution < -0.4 is 5.32 Å². The second kappa shape index (κ2) is 8.82. The Morgan fingerprint density at radius 1 is 1.16 bits per heavy atom. The average molecular weight is 461 g/mol. The highest BCUT2D eigenvalue weighted by atomic mass is 32.2. The van der Waals surface area contributed by atoms with Crippen LogP contribution in [0.2, 0.25) is 0 Å². The van der Waals surface area contributed by atoms with Gasteiger partial charge in [0.05, 0.1) is 30.0 Å². The van der Waals surface area contributed by atoms with Crippen molar-refractivity contribution in [2.75, 3.05) is 37.9 Å². The number of hydrogen-bond acceptors (Lipinski definition) is 8. The van der Waals surface area contributed by atoms with E-state index in [9.17, 15) is 8.42 Å². The first-order chi connectivity index (χ1) is 14.7. The van der Waals surface area contributed by atoms with Crippen molar-refractivity contribution in [1.29, 1.82) is 0 Å². The van der Waals surface area contributed by atoms with E-state index in [2.05, 4.69) is 31.0 Å². The number of morpholine rings is 1. The minimum absolute atomic E-state index is 0.0393. The molecule has 0 aliphatic carbocycles. The molecule has 1 fully saturated rings. The highest BCUT2D eigenvalue weighted by Crippen LogP contribution is 2.35. The fourth-order valence-electron chi connectivity index (χ4n) is 3.72. The number of aryl methyl sites for hydroxylation is 2. The first-order valence-electron chi connectivity index (χ1n) is 10.4. The summed E-state index contributed by atoms with van der Waals surface area (Å²) in [6.07, 6.45) is 1.22. The number of fused-ring (bicyclic) bond motifs is 1. The molecule has 1 atom stereocenters. The first-order valence-corrected chi connectivity index (χ1v) is 13.1. The molecule has 3 heterocycles. The summed E-state index contributed by atoms with van der Waals surface area (Å²) in [6.45, 7) is 10.2. The van der Waals surface area contributed by atoms with E-state index < -0.39 is 9.84 Å². The van der Waals surface area contributed by atoms with Gasteiger partial charge in [-0.1, -0.05) is 12.1 Å². The minimum Gasteiger partial charge on any atom is -0.379 e. The van der Waals surface area contributed by atoms with E-state index in [4.69, 9.17) is 14.7 Å². The van der Waals surface area contributed by atoms with E-state index in [0.717, 1.165) is 53.7 Å². The Balaban J connectivity index is 1.64. The molecule has 1 saturated heterocycles. The zero-order valence-electron chi connectivity index (χ0n) is 18.3. The maximum absolute atomic E-state index is 11.7. The highest BCUT2D eigenvalue weighted by Gasteiger charge is 2.19. The van der Waals surface area contributed by atoms with Gasteiger partial charge in [-0.05, 0) is 44.0 Å². The molecule has 0 amide bonds. The van der Waals surface area contributed by atoms with Crippen LogP contribution in [-0.2, 0) is 21.1 Å². The number of nitrogens with one attached hydrogen (secondary N) is 1. The molecule has 1 aliphatic heterocycles. The van der Waals surface area contributed by atoms with E-state index in [1.165, 1.54) is 16.7 Å². The predicted octanol–water partition coefficient (Wildman–Crippen LogP) is 3.72. The van der Waals surface area contributed by atoms with Crippen molar-refractivity contribution in [3.63, 3.8) is 0 Å². The summed E-state index contributed by atoms with van der Waals surface area (Å²) in [7, 11) is -3.21. The van der Waals surface area contributed by atoms with Crippen LogP contribution in [0.4, 0.5) is 5.82 Å². The molecule has 166 valence electrons. The van der Waals surface area contributed by atoms with E-state index in [0.29, 0.717) is 11.4 Å². The van der Waals surface area contributed by atoms with Gasteiger partial charge >= 0.3 is 0 Å². The fraction of sp³-hybridized carbons (Fsp3) is 0.455. The molecule has 0 saturated carbocycles. The van der Waals surface area contributed by atoms with Crippen molar-refractivity contribution in [3.05, 3.63) is 46.1 Å². The molecule has 0 bridgehead atoms. The molecule has 9 heteroatoms. The molecular formula is C22H28N4O3S2. The van der Waals surface area contributed by atoms with E-state index in [1.807, 2.05) is 12.1 Å². The van der Waals surface area contributed by atoms with Crippen molar-refractivity contribution < 1.29 is 13.2 Å². The third kappa shape index (κ3) is 4.90. The van der Waals surface area contributed by atoms with Gasteiger partial charge in [-0.2, -0.15) is 0 Å². The summed E-state index contributed by atoms with van der Waals surface area (Å²) < 4.78 is 28.9. The number of benzene rings is 1. The third-order valence-electron chi connectivity index (χ3n) is 5.71. The lowest BCUT2D eigenvalue weighted by Gasteiger charge is -2.26. The molecular weight excluding hydrogens is 432 g/mol. The molecule has 1 aliphatic rings. The average Bonchev–Trinajstić information content (AvgIpc) is 3.02. The molecule has 7 nitrogen and oxygen atoms in total. The van der Waals surface area contributed by atoms with Gasteiger partial charge in [0.2, 0.25) is 0 Å².